The summed E-state index contributed by atoms with van der Waals surface area (Å²) in [7, 11) is 0. The van der Waals surface area contributed by atoms with Crippen molar-refractivity contribution in [3.63, 3.8) is 0 Å². The maximum atomic E-state index is 12.2. The number of phenols is 1. The summed E-state index contributed by atoms with van der Waals surface area (Å²) in [5.74, 6) is 0.426. The fourth-order valence-electron chi connectivity index (χ4n) is 4.73. The summed E-state index contributed by atoms with van der Waals surface area (Å²) in [6.07, 6.45) is 6.41. The van der Waals surface area contributed by atoms with Crippen LogP contribution < -0.4 is 4.90 Å². The van der Waals surface area contributed by atoms with Gasteiger partial charge in [-0.1, -0.05) is 25.0 Å². The first kappa shape index (κ1) is 16.7. The van der Waals surface area contributed by atoms with Crippen LogP contribution in [0.1, 0.15) is 38.5 Å². The molecule has 3 aliphatic rings. The molecule has 2 saturated heterocycles. The van der Waals surface area contributed by atoms with Crippen LogP contribution in [0.2, 0.25) is 0 Å². The summed E-state index contributed by atoms with van der Waals surface area (Å²) in [6, 6.07) is 7.54. The zero-order valence-corrected chi connectivity index (χ0v) is 14.8. The summed E-state index contributed by atoms with van der Waals surface area (Å²) in [6.45, 7) is 4.81. The number of anilines is 1. The van der Waals surface area contributed by atoms with Gasteiger partial charge in [0.25, 0.3) is 0 Å². The van der Waals surface area contributed by atoms with E-state index in [1.165, 1.54) is 12.8 Å². The Kier molecular flexibility index (Phi) is 4.59. The van der Waals surface area contributed by atoms with Gasteiger partial charge < -0.3 is 14.7 Å². The second-order valence-corrected chi connectivity index (χ2v) is 7.82. The number of carbonyl (C=O) groups is 1. The van der Waals surface area contributed by atoms with Crippen molar-refractivity contribution < 1.29 is 14.6 Å². The number of cyclic esters (lactones) is 1. The molecule has 1 aromatic rings. The Morgan fingerprint density at radius 1 is 1.12 bits per heavy atom. The van der Waals surface area contributed by atoms with Gasteiger partial charge in [0.2, 0.25) is 0 Å². The van der Waals surface area contributed by atoms with E-state index in [2.05, 4.69) is 9.80 Å². The van der Waals surface area contributed by atoms with Gasteiger partial charge in [-0.25, -0.2) is 0 Å². The molecule has 25 heavy (non-hydrogen) atoms. The molecule has 1 aromatic carbocycles. The van der Waals surface area contributed by atoms with Gasteiger partial charge in [-0.3, -0.25) is 9.69 Å². The summed E-state index contributed by atoms with van der Waals surface area (Å²) in [5.41, 5.74) is 0.795. The minimum atomic E-state index is -0.131. The molecule has 0 amide bonds. The smallest absolute Gasteiger partial charge is 0.312 e. The highest BCUT2D eigenvalue weighted by atomic mass is 16.6. The van der Waals surface area contributed by atoms with Crippen LogP contribution in [0.4, 0.5) is 5.69 Å². The average molecular weight is 344 g/mol. The average Bonchev–Trinajstić information content (AvgIpc) is 3.22. The van der Waals surface area contributed by atoms with Gasteiger partial charge in [0.05, 0.1) is 11.1 Å². The van der Waals surface area contributed by atoms with Crippen LogP contribution >= 0.6 is 0 Å². The number of aromatic hydroxyl groups is 1. The highest BCUT2D eigenvalue weighted by Gasteiger charge is 2.50. The molecule has 5 nitrogen and oxygen atoms in total. The third kappa shape index (κ3) is 3.34. The lowest BCUT2D eigenvalue weighted by atomic mass is 9.83. The Bertz CT molecular complexity index is 619. The van der Waals surface area contributed by atoms with Gasteiger partial charge in [-0.15, -0.1) is 0 Å². The molecule has 4 rings (SSSR count). The van der Waals surface area contributed by atoms with Gasteiger partial charge in [-0.2, -0.15) is 0 Å². The van der Waals surface area contributed by atoms with Gasteiger partial charge in [0, 0.05) is 39.1 Å². The monoisotopic (exact) mass is 344 g/mol. The number of nitrogens with zero attached hydrogens (tertiary/aromatic N) is 2. The van der Waals surface area contributed by atoms with E-state index >= 15 is 0 Å². The van der Waals surface area contributed by atoms with Gasteiger partial charge in [0.1, 0.15) is 11.9 Å². The Morgan fingerprint density at radius 2 is 1.84 bits per heavy atom. The SMILES string of the molecule is O=C1O[C@H](CCN2CCN(c3ccccc3O)CC2)CC12CCCC2. The molecule has 0 radical (unpaired) electrons. The predicted molar refractivity (Wildman–Crippen MR) is 96.8 cm³/mol. The second kappa shape index (κ2) is 6.87. The Morgan fingerprint density at radius 3 is 2.56 bits per heavy atom. The van der Waals surface area contributed by atoms with E-state index in [1.54, 1.807) is 6.07 Å². The van der Waals surface area contributed by atoms with Crippen molar-refractivity contribution in [3.05, 3.63) is 24.3 Å². The number of carbonyl (C=O) groups excluding carboxylic acids is 1. The lowest BCUT2D eigenvalue weighted by Crippen LogP contribution is -2.47. The number of rotatable bonds is 4. The molecular formula is C20H28N2O3. The lowest BCUT2D eigenvalue weighted by molar-refractivity contribution is -0.148. The number of hydrogen-bond acceptors (Lipinski definition) is 5. The largest absolute Gasteiger partial charge is 0.506 e. The molecule has 2 heterocycles. The van der Waals surface area contributed by atoms with Gasteiger partial charge >= 0.3 is 5.97 Å². The van der Waals surface area contributed by atoms with E-state index < -0.39 is 0 Å². The molecule has 0 aromatic heterocycles. The number of para-hydroxylation sites is 2. The number of benzene rings is 1. The first-order valence-electron chi connectivity index (χ1n) is 9.63. The van der Waals surface area contributed by atoms with Crippen molar-refractivity contribution in [2.45, 2.75) is 44.6 Å². The fourth-order valence-corrected chi connectivity index (χ4v) is 4.73. The Balaban J connectivity index is 1.24. The molecule has 1 atom stereocenters. The molecule has 0 bridgehead atoms. The van der Waals surface area contributed by atoms with E-state index in [0.717, 1.165) is 64.1 Å². The van der Waals surface area contributed by atoms with E-state index in [9.17, 15) is 9.90 Å². The number of phenolic OH excluding ortho intramolecular Hbond substituents is 1. The predicted octanol–water partition coefficient (Wildman–Crippen LogP) is 2.78. The number of hydrogen-bond donors (Lipinski definition) is 1. The topological polar surface area (TPSA) is 53.0 Å². The standard InChI is InChI=1S/C20H28N2O3/c23-18-6-2-1-5-17(18)22-13-11-21(12-14-22)10-7-16-15-20(19(24)25-16)8-3-4-9-20/h1-2,5-6,16,23H,3-4,7-15H2/t16-/m1/s1. The molecule has 3 fully saturated rings. The van der Waals surface area contributed by atoms with Crippen molar-refractivity contribution in [1.82, 2.24) is 4.90 Å². The van der Waals surface area contributed by atoms with Crippen LogP contribution in [0.3, 0.4) is 0 Å². The second-order valence-electron chi connectivity index (χ2n) is 7.82. The third-order valence-electron chi connectivity index (χ3n) is 6.25. The van der Waals surface area contributed by atoms with Gasteiger partial charge in [0.15, 0.2) is 0 Å². The van der Waals surface area contributed by atoms with Gasteiger partial charge in [-0.05, 0) is 31.4 Å². The first-order chi connectivity index (χ1) is 12.2. The van der Waals surface area contributed by atoms with E-state index in [4.69, 9.17) is 4.74 Å². The fraction of sp³-hybridized carbons (Fsp3) is 0.650. The molecular weight excluding hydrogens is 316 g/mol. The molecule has 1 aliphatic carbocycles. The quantitative estimate of drug-likeness (QED) is 0.851. The van der Waals surface area contributed by atoms with Crippen LogP contribution in [-0.2, 0) is 9.53 Å². The summed E-state index contributed by atoms with van der Waals surface area (Å²) in [5, 5.41) is 10.00. The van der Waals surface area contributed by atoms with Crippen LogP contribution in [-0.4, -0.2) is 54.8 Å². The maximum absolute atomic E-state index is 12.2. The van der Waals surface area contributed by atoms with Crippen molar-refractivity contribution in [2.75, 3.05) is 37.6 Å². The minimum absolute atomic E-state index is 0.0689. The number of esters is 1. The summed E-state index contributed by atoms with van der Waals surface area (Å²) >= 11 is 0. The number of ether oxygens (including phenoxy) is 1. The van der Waals surface area contributed by atoms with Crippen molar-refractivity contribution in [1.29, 1.82) is 0 Å². The molecule has 1 saturated carbocycles. The Hall–Kier alpha value is -1.75. The molecule has 2 aliphatic heterocycles. The molecule has 0 unspecified atom stereocenters. The highest BCUT2D eigenvalue weighted by Crippen LogP contribution is 2.48. The summed E-state index contributed by atoms with van der Waals surface area (Å²) in [4.78, 5) is 16.9. The Labute approximate surface area is 149 Å². The number of piperazine rings is 1. The van der Waals surface area contributed by atoms with Crippen LogP contribution in [0, 0.1) is 5.41 Å². The molecule has 1 spiro atoms. The van der Waals surface area contributed by atoms with E-state index in [1.807, 2.05) is 18.2 Å². The van der Waals surface area contributed by atoms with E-state index in [-0.39, 0.29) is 17.5 Å². The van der Waals surface area contributed by atoms with Crippen molar-refractivity contribution in [2.24, 2.45) is 5.41 Å². The zero-order chi connectivity index (χ0) is 17.3. The van der Waals surface area contributed by atoms with Crippen LogP contribution in [0.5, 0.6) is 5.75 Å². The van der Waals surface area contributed by atoms with Crippen molar-refractivity contribution in [3.8, 4) is 5.75 Å². The molecule has 136 valence electrons. The minimum Gasteiger partial charge on any atom is -0.506 e. The normalized spacial score (nSPS) is 26.3. The maximum Gasteiger partial charge on any atom is 0.312 e. The third-order valence-corrected chi connectivity index (χ3v) is 6.25. The van der Waals surface area contributed by atoms with Crippen LogP contribution in [0.25, 0.3) is 0 Å². The molecule has 1 N–H and O–H groups in total. The molecule has 5 heteroatoms. The first-order valence-corrected chi connectivity index (χ1v) is 9.63. The van der Waals surface area contributed by atoms with Crippen LogP contribution in [0.15, 0.2) is 24.3 Å². The van der Waals surface area contributed by atoms with E-state index in [0.29, 0.717) is 5.75 Å². The zero-order valence-electron chi connectivity index (χ0n) is 14.8. The highest BCUT2D eigenvalue weighted by molar-refractivity contribution is 5.79. The lowest BCUT2D eigenvalue weighted by Gasteiger charge is -2.36. The summed E-state index contributed by atoms with van der Waals surface area (Å²) < 4.78 is 5.69. The van der Waals surface area contributed by atoms with Crippen molar-refractivity contribution >= 4 is 11.7 Å².